The summed E-state index contributed by atoms with van der Waals surface area (Å²) in [5, 5.41) is 8.73. The second-order valence-corrected chi connectivity index (χ2v) is 7.69. The predicted molar refractivity (Wildman–Crippen MR) is 96.0 cm³/mol. The fourth-order valence-electron chi connectivity index (χ4n) is 3.22. The molecule has 1 heterocycles. The van der Waals surface area contributed by atoms with Gasteiger partial charge in [-0.2, -0.15) is 8.75 Å². The molecule has 3 N–H and O–H groups in total. The van der Waals surface area contributed by atoms with Gasteiger partial charge in [-0.25, -0.2) is 0 Å². The molecule has 1 aromatic heterocycles. The molecule has 1 aliphatic rings. The number of hydrogen-bond donors (Lipinski definition) is 3. The van der Waals surface area contributed by atoms with Crippen molar-refractivity contribution in [1.82, 2.24) is 8.75 Å². The summed E-state index contributed by atoms with van der Waals surface area (Å²) in [6, 6.07) is 0. The summed E-state index contributed by atoms with van der Waals surface area (Å²) in [6.45, 7) is 1.85. The molecule has 0 aliphatic heterocycles. The summed E-state index contributed by atoms with van der Waals surface area (Å²) < 4.78 is 17.4. The van der Waals surface area contributed by atoms with Crippen LogP contribution in [0.2, 0.25) is 0 Å². The normalized spacial score (nSPS) is 18.5. The molecule has 1 atom stereocenters. The van der Waals surface area contributed by atoms with E-state index in [4.69, 9.17) is 5.11 Å². The molecule has 0 radical (unpaired) electrons. The van der Waals surface area contributed by atoms with Gasteiger partial charge in [0.1, 0.15) is 11.1 Å². The van der Waals surface area contributed by atoms with E-state index in [1.54, 1.807) is 0 Å². The van der Waals surface area contributed by atoms with Crippen molar-refractivity contribution in [3.05, 3.63) is 11.0 Å². The third-order valence-electron chi connectivity index (χ3n) is 4.67. The molecule has 2 rings (SSSR count). The van der Waals surface area contributed by atoms with E-state index in [-0.39, 0.29) is 0 Å². The number of rotatable bonds is 10. The smallest absolute Gasteiger partial charge is 0.219 e. The zero-order chi connectivity index (χ0) is 17.0. The monoisotopic (exact) mass is 356 g/mol. The first-order valence-electron chi connectivity index (χ1n) is 9.45. The minimum Gasteiger partial charge on any atom is -0.549 e. The van der Waals surface area contributed by atoms with Crippen molar-refractivity contribution in [1.29, 1.82) is 0 Å². The fraction of sp³-hybridized carbons (Fsp3) is 0.882. The molecule has 24 heavy (non-hydrogen) atoms. The van der Waals surface area contributed by atoms with Gasteiger partial charge in [0, 0.05) is 19.7 Å². The summed E-state index contributed by atoms with van der Waals surface area (Å²) >= 11 is -1.29. The van der Waals surface area contributed by atoms with Crippen molar-refractivity contribution < 1.29 is 9.66 Å². The molecule has 1 saturated carbocycles. The molecule has 1 fully saturated rings. The zero-order valence-electron chi connectivity index (χ0n) is 14.6. The lowest BCUT2D eigenvalue weighted by Gasteiger charge is -2.18. The van der Waals surface area contributed by atoms with Crippen molar-refractivity contribution in [2.45, 2.75) is 70.6 Å². The molecule has 138 valence electrons. The van der Waals surface area contributed by atoms with E-state index < -0.39 is 11.1 Å². The van der Waals surface area contributed by atoms with E-state index in [1.807, 2.05) is 0 Å². The zero-order valence-corrected chi connectivity index (χ0v) is 15.5. The third-order valence-corrected chi connectivity index (χ3v) is 5.43. The largest absolute Gasteiger partial charge is 0.549 e. The van der Waals surface area contributed by atoms with Gasteiger partial charge in [-0.05, 0) is 31.6 Å². The SMILES string of the molecule is [O-][s+]1[nH]c(=NCCCCCCCCO)c(=NCC2CCCCC2)[nH]1. The van der Waals surface area contributed by atoms with Crippen molar-refractivity contribution in [2.24, 2.45) is 15.9 Å². The van der Waals surface area contributed by atoms with Crippen LogP contribution in [-0.2, 0) is 0 Å². The summed E-state index contributed by atoms with van der Waals surface area (Å²) in [5.74, 6) is 0.669. The first-order valence-corrected chi connectivity index (χ1v) is 10.6. The van der Waals surface area contributed by atoms with Gasteiger partial charge < -0.3 is 9.66 Å². The molecule has 0 aromatic carbocycles. The summed E-state index contributed by atoms with van der Waals surface area (Å²) in [7, 11) is 0. The highest BCUT2D eigenvalue weighted by Crippen LogP contribution is 2.23. The fourth-order valence-corrected chi connectivity index (χ4v) is 3.95. The second kappa shape index (κ2) is 11.6. The first-order chi connectivity index (χ1) is 11.8. The molecule has 0 spiro atoms. The molecule has 0 amide bonds. The minimum absolute atomic E-state index is 0.298. The van der Waals surface area contributed by atoms with Crippen LogP contribution in [-0.4, -0.2) is 38.1 Å². The van der Waals surface area contributed by atoms with Crippen molar-refractivity contribution >= 4 is 11.1 Å². The summed E-state index contributed by atoms with van der Waals surface area (Å²) in [5.41, 5.74) is 1.33. The number of nitrogens with zero attached hydrogens (tertiary/aromatic N) is 2. The molecular formula is C17H32N4O2S. The van der Waals surface area contributed by atoms with Crippen LogP contribution < -0.4 is 11.0 Å². The lowest BCUT2D eigenvalue weighted by Crippen LogP contribution is -2.27. The van der Waals surface area contributed by atoms with Gasteiger partial charge in [0.05, 0.1) is 0 Å². The Kier molecular flexibility index (Phi) is 9.38. The van der Waals surface area contributed by atoms with Gasteiger partial charge in [-0.15, -0.1) is 0 Å². The Morgan fingerprint density at radius 3 is 2.25 bits per heavy atom. The van der Waals surface area contributed by atoms with Crippen LogP contribution in [0.5, 0.6) is 0 Å². The second-order valence-electron chi connectivity index (χ2n) is 6.74. The number of nitrogens with one attached hydrogen (secondary N) is 2. The third kappa shape index (κ3) is 7.32. The Bertz CT molecular complexity index is 570. The Hall–Kier alpha value is -0.920. The van der Waals surface area contributed by atoms with Gasteiger partial charge in [0.2, 0.25) is 11.0 Å². The van der Waals surface area contributed by atoms with Crippen molar-refractivity contribution in [3.8, 4) is 0 Å². The molecule has 6 nitrogen and oxygen atoms in total. The topological polar surface area (TPSA) is 99.6 Å². The molecule has 0 bridgehead atoms. The lowest BCUT2D eigenvalue weighted by atomic mass is 9.89. The quantitative estimate of drug-likeness (QED) is 0.443. The van der Waals surface area contributed by atoms with E-state index >= 15 is 0 Å². The molecular weight excluding hydrogens is 324 g/mol. The molecule has 7 heteroatoms. The van der Waals surface area contributed by atoms with E-state index in [2.05, 4.69) is 18.7 Å². The Morgan fingerprint density at radius 1 is 0.917 bits per heavy atom. The predicted octanol–water partition coefficient (Wildman–Crippen LogP) is 2.79. The van der Waals surface area contributed by atoms with Crippen LogP contribution in [0.4, 0.5) is 0 Å². The van der Waals surface area contributed by atoms with Gasteiger partial charge in [0.25, 0.3) is 0 Å². The van der Waals surface area contributed by atoms with Crippen LogP contribution in [0.1, 0.15) is 70.6 Å². The number of aliphatic hydroxyl groups excluding tert-OH is 1. The maximum absolute atomic E-state index is 11.7. The summed E-state index contributed by atoms with van der Waals surface area (Å²) in [6.07, 6.45) is 13.0. The first kappa shape index (κ1) is 19.4. The van der Waals surface area contributed by atoms with Crippen LogP contribution >= 0.6 is 11.1 Å². The van der Waals surface area contributed by atoms with Crippen molar-refractivity contribution in [2.75, 3.05) is 19.7 Å². The van der Waals surface area contributed by atoms with E-state index in [9.17, 15) is 4.55 Å². The molecule has 1 unspecified atom stereocenters. The Labute approximate surface area is 147 Å². The van der Waals surface area contributed by atoms with E-state index in [1.165, 1.54) is 44.9 Å². The van der Waals surface area contributed by atoms with Crippen molar-refractivity contribution in [3.63, 3.8) is 0 Å². The lowest BCUT2D eigenvalue weighted by molar-refractivity contribution is 0.282. The van der Waals surface area contributed by atoms with E-state index in [0.29, 0.717) is 23.5 Å². The maximum atomic E-state index is 11.7. The van der Waals surface area contributed by atoms with Gasteiger partial charge in [-0.3, -0.25) is 9.98 Å². The number of aliphatic hydroxyl groups is 1. The number of aromatic nitrogens is 2. The average Bonchev–Trinajstić information content (AvgIpc) is 2.96. The van der Waals surface area contributed by atoms with Crippen LogP contribution in [0, 0.1) is 5.92 Å². The summed E-state index contributed by atoms with van der Waals surface area (Å²) in [4.78, 5) is 9.16. The van der Waals surface area contributed by atoms with Gasteiger partial charge >= 0.3 is 0 Å². The average molecular weight is 357 g/mol. The Balaban J connectivity index is 1.79. The highest BCUT2D eigenvalue weighted by atomic mass is 32.2. The number of aromatic amines is 2. The van der Waals surface area contributed by atoms with E-state index in [0.717, 1.165) is 38.8 Å². The Morgan fingerprint density at radius 2 is 1.54 bits per heavy atom. The maximum Gasteiger partial charge on any atom is 0.219 e. The molecule has 1 aromatic rings. The highest BCUT2D eigenvalue weighted by Gasteiger charge is 2.12. The number of H-pyrrole nitrogens is 2. The van der Waals surface area contributed by atoms with Gasteiger partial charge in [0.15, 0.2) is 0 Å². The van der Waals surface area contributed by atoms with Crippen LogP contribution in [0.3, 0.4) is 0 Å². The standard InChI is InChI=1S/C17H32N4O2S/c22-13-9-4-2-1-3-8-12-18-16-17(21-24(23)20-16)19-14-15-10-6-5-7-11-15/h15,22H,1-14H2,(H,18,20)(H,19,21). The van der Waals surface area contributed by atoms with Crippen LogP contribution in [0.15, 0.2) is 9.98 Å². The number of unbranched alkanes of at least 4 members (excludes halogenated alkanes) is 5. The highest BCUT2D eigenvalue weighted by molar-refractivity contribution is 7.13. The van der Waals surface area contributed by atoms with Gasteiger partial charge in [-0.1, -0.05) is 44.9 Å². The van der Waals surface area contributed by atoms with Crippen LogP contribution in [0.25, 0.3) is 0 Å². The number of hydrogen-bond acceptors (Lipinski definition) is 4. The molecule has 0 saturated heterocycles. The molecule has 1 aliphatic carbocycles. The minimum atomic E-state index is -1.29.